The van der Waals surface area contributed by atoms with Crippen molar-refractivity contribution >= 4 is 5.91 Å². The standard InChI is InChI=1S/C18H24N2O4/c1-19(2)18(21)16-8-13-5-6-20(10-17(13)24-16)9-12-3-4-14-15(7-12)23-11-22-14/h3-4,7,13,16-17H,5-6,8-11H2,1-2H3/t13-,16-,17+/m0/s1. The zero-order valence-corrected chi connectivity index (χ0v) is 14.2. The van der Waals surface area contributed by atoms with E-state index in [-0.39, 0.29) is 18.1 Å². The van der Waals surface area contributed by atoms with Crippen molar-refractivity contribution in [1.82, 2.24) is 9.80 Å². The lowest BCUT2D eigenvalue weighted by Crippen LogP contribution is -2.42. The zero-order valence-electron chi connectivity index (χ0n) is 14.2. The molecule has 0 saturated carbocycles. The van der Waals surface area contributed by atoms with Crippen LogP contribution in [0.4, 0.5) is 0 Å². The molecule has 4 rings (SSSR count). The van der Waals surface area contributed by atoms with Crippen molar-refractivity contribution in [2.75, 3.05) is 34.0 Å². The molecular weight excluding hydrogens is 308 g/mol. The van der Waals surface area contributed by atoms with E-state index in [0.29, 0.717) is 12.7 Å². The predicted octanol–water partition coefficient (Wildman–Crippen LogP) is 1.48. The van der Waals surface area contributed by atoms with Gasteiger partial charge in [0.1, 0.15) is 6.10 Å². The van der Waals surface area contributed by atoms with Crippen LogP contribution in [0.15, 0.2) is 18.2 Å². The Morgan fingerprint density at radius 3 is 2.96 bits per heavy atom. The van der Waals surface area contributed by atoms with Crippen molar-refractivity contribution in [1.29, 1.82) is 0 Å². The van der Waals surface area contributed by atoms with Gasteiger partial charge in [0, 0.05) is 27.2 Å². The summed E-state index contributed by atoms with van der Waals surface area (Å²) in [6.45, 7) is 3.11. The van der Waals surface area contributed by atoms with Gasteiger partial charge in [0.05, 0.1) is 6.10 Å². The van der Waals surface area contributed by atoms with Gasteiger partial charge in [-0.1, -0.05) is 6.07 Å². The minimum atomic E-state index is -0.263. The molecule has 130 valence electrons. The summed E-state index contributed by atoms with van der Waals surface area (Å²) in [5.41, 5.74) is 1.22. The Morgan fingerprint density at radius 1 is 1.29 bits per heavy atom. The molecule has 1 amide bonds. The van der Waals surface area contributed by atoms with E-state index in [4.69, 9.17) is 14.2 Å². The summed E-state index contributed by atoms with van der Waals surface area (Å²) in [5.74, 6) is 2.25. The van der Waals surface area contributed by atoms with Crippen molar-refractivity contribution in [3.8, 4) is 11.5 Å². The van der Waals surface area contributed by atoms with Crippen molar-refractivity contribution in [3.63, 3.8) is 0 Å². The second-order valence-electron chi connectivity index (χ2n) is 7.10. The van der Waals surface area contributed by atoms with Gasteiger partial charge in [-0.15, -0.1) is 0 Å². The molecule has 1 aromatic rings. The lowest BCUT2D eigenvalue weighted by Gasteiger charge is -2.34. The van der Waals surface area contributed by atoms with Gasteiger partial charge in [0.2, 0.25) is 6.79 Å². The van der Waals surface area contributed by atoms with Crippen LogP contribution in [-0.2, 0) is 16.1 Å². The molecule has 0 bridgehead atoms. The Kier molecular flexibility index (Phi) is 4.10. The van der Waals surface area contributed by atoms with Crippen molar-refractivity contribution in [3.05, 3.63) is 23.8 Å². The van der Waals surface area contributed by atoms with E-state index >= 15 is 0 Å². The van der Waals surface area contributed by atoms with Gasteiger partial charge in [0.25, 0.3) is 5.91 Å². The number of likely N-dealkylation sites (tertiary alicyclic amines) is 1. The van der Waals surface area contributed by atoms with Gasteiger partial charge in [-0.05, 0) is 43.0 Å². The van der Waals surface area contributed by atoms with Crippen molar-refractivity contribution in [2.24, 2.45) is 5.92 Å². The zero-order chi connectivity index (χ0) is 16.7. The highest BCUT2D eigenvalue weighted by Crippen LogP contribution is 2.36. The Morgan fingerprint density at radius 2 is 2.12 bits per heavy atom. The molecule has 3 heterocycles. The fourth-order valence-corrected chi connectivity index (χ4v) is 3.88. The highest BCUT2D eigenvalue weighted by molar-refractivity contribution is 5.80. The third-order valence-electron chi connectivity index (χ3n) is 5.20. The van der Waals surface area contributed by atoms with Gasteiger partial charge in [-0.25, -0.2) is 0 Å². The fraction of sp³-hybridized carbons (Fsp3) is 0.611. The van der Waals surface area contributed by atoms with E-state index in [0.717, 1.165) is 44.0 Å². The molecule has 0 unspecified atom stereocenters. The lowest BCUT2D eigenvalue weighted by atomic mass is 9.91. The number of hydrogen-bond donors (Lipinski definition) is 0. The Balaban J connectivity index is 1.37. The predicted molar refractivity (Wildman–Crippen MR) is 87.9 cm³/mol. The second kappa shape index (κ2) is 6.26. The highest BCUT2D eigenvalue weighted by atomic mass is 16.7. The summed E-state index contributed by atoms with van der Waals surface area (Å²) in [6.07, 6.45) is 1.86. The number of piperidine rings is 1. The quantitative estimate of drug-likeness (QED) is 0.839. The maximum atomic E-state index is 12.1. The first-order chi connectivity index (χ1) is 11.6. The smallest absolute Gasteiger partial charge is 0.251 e. The van der Waals surface area contributed by atoms with Crippen LogP contribution in [0.3, 0.4) is 0 Å². The molecule has 3 aliphatic heterocycles. The molecule has 0 aliphatic carbocycles. The van der Waals surface area contributed by atoms with Crippen molar-refractivity contribution < 1.29 is 19.0 Å². The molecule has 3 atom stereocenters. The summed E-state index contributed by atoms with van der Waals surface area (Å²) in [5, 5.41) is 0. The van der Waals surface area contributed by atoms with Gasteiger partial charge in [-0.3, -0.25) is 9.69 Å². The van der Waals surface area contributed by atoms with Gasteiger partial charge in [-0.2, -0.15) is 0 Å². The topological polar surface area (TPSA) is 51.2 Å². The van der Waals surface area contributed by atoms with Crippen LogP contribution >= 0.6 is 0 Å². The monoisotopic (exact) mass is 332 g/mol. The molecule has 6 heteroatoms. The molecule has 0 aromatic heterocycles. The number of benzene rings is 1. The number of carbonyl (C=O) groups excluding carboxylic acids is 1. The van der Waals surface area contributed by atoms with Crippen LogP contribution in [0, 0.1) is 5.92 Å². The van der Waals surface area contributed by atoms with Gasteiger partial charge in [0.15, 0.2) is 11.5 Å². The maximum Gasteiger partial charge on any atom is 0.251 e. The molecule has 1 aromatic carbocycles. The number of carbonyl (C=O) groups is 1. The highest BCUT2D eigenvalue weighted by Gasteiger charge is 2.42. The minimum Gasteiger partial charge on any atom is -0.454 e. The summed E-state index contributed by atoms with van der Waals surface area (Å²) >= 11 is 0. The molecule has 2 fully saturated rings. The van der Waals surface area contributed by atoms with Crippen LogP contribution in [0.5, 0.6) is 11.5 Å². The summed E-state index contributed by atoms with van der Waals surface area (Å²) in [4.78, 5) is 16.2. The van der Waals surface area contributed by atoms with Crippen LogP contribution in [0.1, 0.15) is 18.4 Å². The summed E-state index contributed by atoms with van der Waals surface area (Å²) in [6, 6.07) is 6.12. The molecular formula is C18H24N2O4. The van der Waals surface area contributed by atoms with Crippen LogP contribution in [-0.4, -0.2) is 61.9 Å². The number of amides is 1. The van der Waals surface area contributed by atoms with Gasteiger partial charge >= 0.3 is 0 Å². The molecule has 6 nitrogen and oxygen atoms in total. The molecule has 0 radical (unpaired) electrons. The van der Waals surface area contributed by atoms with E-state index in [2.05, 4.69) is 17.0 Å². The van der Waals surface area contributed by atoms with E-state index in [1.54, 1.807) is 19.0 Å². The van der Waals surface area contributed by atoms with Gasteiger partial charge < -0.3 is 19.1 Å². The van der Waals surface area contributed by atoms with Crippen LogP contribution in [0.25, 0.3) is 0 Å². The number of rotatable bonds is 3. The average Bonchev–Trinajstić information content (AvgIpc) is 3.19. The molecule has 2 saturated heterocycles. The first-order valence-corrected chi connectivity index (χ1v) is 8.57. The SMILES string of the molecule is CN(C)C(=O)[C@@H]1C[C@@H]2CCN(Cc3ccc4c(c3)OCO4)C[C@H]2O1. The minimum absolute atomic E-state index is 0.0896. The van der Waals surface area contributed by atoms with E-state index in [9.17, 15) is 4.79 Å². The normalized spacial score (nSPS) is 28.7. The summed E-state index contributed by atoms with van der Waals surface area (Å²) < 4.78 is 16.9. The van der Waals surface area contributed by atoms with E-state index in [1.807, 2.05) is 6.07 Å². The average molecular weight is 332 g/mol. The summed E-state index contributed by atoms with van der Waals surface area (Å²) in [7, 11) is 3.58. The van der Waals surface area contributed by atoms with E-state index in [1.165, 1.54) is 5.56 Å². The second-order valence-corrected chi connectivity index (χ2v) is 7.10. The third-order valence-corrected chi connectivity index (χ3v) is 5.20. The van der Waals surface area contributed by atoms with Crippen LogP contribution in [0.2, 0.25) is 0 Å². The molecule has 0 N–H and O–H groups in total. The number of likely N-dealkylation sites (N-methyl/N-ethyl adjacent to an activating group) is 1. The number of nitrogens with zero attached hydrogens (tertiary/aromatic N) is 2. The lowest BCUT2D eigenvalue weighted by molar-refractivity contribution is -0.141. The Hall–Kier alpha value is -1.79. The number of hydrogen-bond acceptors (Lipinski definition) is 5. The third kappa shape index (κ3) is 2.96. The molecule has 3 aliphatic rings. The Labute approximate surface area is 142 Å². The van der Waals surface area contributed by atoms with Crippen LogP contribution < -0.4 is 9.47 Å². The van der Waals surface area contributed by atoms with E-state index < -0.39 is 0 Å². The largest absolute Gasteiger partial charge is 0.454 e. The van der Waals surface area contributed by atoms with Crippen molar-refractivity contribution in [2.45, 2.75) is 31.6 Å². The number of ether oxygens (including phenoxy) is 3. The number of fused-ring (bicyclic) bond motifs is 2. The Bertz CT molecular complexity index is 633. The first kappa shape index (κ1) is 15.7. The fourth-order valence-electron chi connectivity index (χ4n) is 3.88. The molecule has 24 heavy (non-hydrogen) atoms. The maximum absolute atomic E-state index is 12.1. The molecule has 0 spiro atoms. The first-order valence-electron chi connectivity index (χ1n) is 8.57.